The van der Waals surface area contributed by atoms with E-state index in [1.54, 1.807) is 6.08 Å². The van der Waals surface area contributed by atoms with Crippen molar-refractivity contribution in [2.75, 3.05) is 5.88 Å². The van der Waals surface area contributed by atoms with Gasteiger partial charge in [0.2, 0.25) is 0 Å². The van der Waals surface area contributed by atoms with Crippen molar-refractivity contribution in [2.24, 2.45) is 0 Å². The van der Waals surface area contributed by atoms with Gasteiger partial charge in [-0.25, -0.2) is 0 Å². The van der Waals surface area contributed by atoms with Crippen LogP contribution in [0.3, 0.4) is 0 Å². The van der Waals surface area contributed by atoms with E-state index >= 15 is 0 Å². The zero-order valence-electron chi connectivity index (χ0n) is 4.26. The van der Waals surface area contributed by atoms with Crippen LogP contribution in [-0.4, -0.2) is 11.8 Å². The molecule has 46 valence electrons. The van der Waals surface area contributed by atoms with Crippen LogP contribution in [0.5, 0.6) is 0 Å². The Hall–Kier alpha value is -0.500. The fourth-order valence-electron chi connectivity index (χ4n) is 0.243. The van der Waals surface area contributed by atoms with E-state index in [9.17, 15) is 9.90 Å². The second-order valence-electron chi connectivity index (χ2n) is 1.20. The molecule has 0 aromatic rings. The number of carbonyl (C=O) groups excluding carboxylic acids is 1. The van der Waals surface area contributed by atoms with Gasteiger partial charge in [0.25, 0.3) is 0 Å². The van der Waals surface area contributed by atoms with Gasteiger partial charge in [-0.3, -0.25) is 0 Å². The van der Waals surface area contributed by atoms with E-state index in [2.05, 4.69) is 0 Å². The van der Waals surface area contributed by atoms with Crippen LogP contribution in [-0.2, 0) is 4.79 Å². The summed E-state index contributed by atoms with van der Waals surface area (Å²) < 4.78 is 0. The number of carbonyl (C=O) groups is 1. The van der Waals surface area contributed by atoms with Crippen LogP contribution in [0.4, 0.5) is 0 Å². The van der Waals surface area contributed by atoms with E-state index in [1.165, 1.54) is 6.08 Å². The first-order valence-electron chi connectivity index (χ1n) is 2.18. The number of aliphatic carboxylic acids is 1. The van der Waals surface area contributed by atoms with Crippen molar-refractivity contribution >= 4 is 17.6 Å². The van der Waals surface area contributed by atoms with Gasteiger partial charge in [0, 0.05) is 18.3 Å². The van der Waals surface area contributed by atoms with E-state index in [1.807, 2.05) is 0 Å². The minimum atomic E-state index is -1.08. The molecule has 0 N–H and O–H groups in total. The second kappa shape index (κ2) is 4.65. The van der Waals surface area contributed by atoms with E-state index in [-0.39, 0.29) is 6.42 Å². The Morgan fingerprint density at radius 2 is 2.25 bits per heavy atom. The molecule has 8 heavy (non-hydrogen) atoms. The molecule has 0 aromatic heterocycles. The number of hydrogen-bond acceptors (Lipinski definition) is 2. The average molecular weight is 134 g/mol. The third-order valence-corrected chi connectivity index (χ3v) is 0.718. The summed E-state index contributed by atoms with van der Waals surface area (Å²) in [5, 5.41) is 9.67. The quantitative estimate of drug-likeness (QED) is 0.399. The SMILES string of the molecule is O=C([O-])C/C=C/CCl. The highest BCUT2D eigenvalue weighted by Crippen LogP contribution is 1.81. The van der Waals surface area contributed by atoms with Crippen LogP contribution in [0.1, 0.15) is 6.42 Å². The Labute approximate surface area is 52.8 Å². The highest BCUT2D eigenvalue weighted by molar-refractivity contribution is 6.18. The number of allylic oxidation sites excluding steroid dienone is 1. The van der Waals surface area contributed by atoms with Gasteiger partial charge < -0.3 is 9.90 Å². The molecule has 0 atom stereocenters. The molecule has 0 unspecified atom stereocenters. The number of carboxylic acids is 1. The van der Waals surface area contributed by atoms with E-state index in [4.69, 9.17) is 11.6 Å². The Kier molecular flexibility index (Phi) is 4.36. The zero-order valence-corrected chi connectivity index (χ0v) is 5.02. The molecule has 0 aliphatic rings. The van der Waals surface area contributed by atoms with E-state index in [0.29, 0.717) is 5.88 Å². The molecule has 3 heteroatoms. The molecule has 0 fully saturated rings. The van der Waals surface area contributed by atoms with Crippen molar-refractivity contribution in [1.29, 1.82) is 0 Å². The summed E-state index contributed by atoms with van der Waals surface area (Å²) in [5.41, 5.74) is 0. The smallest absolute Gasteiger partial charge is 0.0452 e. The van der Waals surface area contributed by atoms with Crippen molar-refractivity contribution in [3.63, 3.8) is 0 Å². The fourth-order valence-corrected chi connectivity index (χ4v) is 0.369. The summed E-state index contributed by atoms with van der Waals surface area (Å²) in [6.07, 6.45) is 2.98. The van der Waals surface area contributed by atoms with Crippen molar-refractivity contribution in [2.45, 2.75) is 6.42 Å². The number of carboxylic acid groups (broad SMARTS) is 1. The molecular formula is C5H6ClO2-. The van der Waals surface area contributed by atoms with Gasteiger partial charge in [-0.1, -0.05) is 12.2 Å². The van der Waals surface area contributed by atoms with Gasteiger partial charge >= 0.3 is 0 Å². The number of rotatable bonds is 3. The number of alkyl halides is 1. The molecule has 0 radical (unpaired) electrons. The first kappa shape index (κ1) is 7.50. The number of hydrogen-bond donors (Lipinski definition) is 0. The lowest BCUT2D eigenvalue weighted by atomic mass is 10.4. The van der Waals surface area contributed by atoms with Gasteiger partial charge in [-0.05, 0) is 0 Å². The third kappa shape index (κ3) is 5.50. The maximum atomic E-state index is 9.67. The minimum absolute atomic E-state index is 0.0489. The van der Waals surface area contributed by atoms with Gasteiger partial charge in [0.1, 0.15) is 0 Å². The molecule has 0 heterocycles. The fraction of sp³-hybridized carbons (Fsp3) is 0.400. The van der Waals surface area contributed by atoms with Gasteiger partial charge in [0.05, 0.1) is 0 Å². The highest BCUT2D eigenvalue weighted by Gasteiger charge is 1.74. The first-order valence-corrected chi connectivity index (χ1v) is 2.71. The summed E-state index contributed by atoms with van der Waals surface area (Å²) in [4.78, 5) is 9.67. The molecule has 0 bridgehead atoms. The monoisotopic (exact) mass is 133 g/mol. The van der Waals surface area contributed by atoms with Crippen LogP contribution in [0.2, 0.25) is 0 Å². The topological polar surface area (TPSA) is 40.1 Å². The normalized spacial score (nSPS) is 10.1. The van der Waals surface area contributed by atoms with Gasteiger partial charge in [-0.2, -0.15) is 0 Å². The maximum Gasteiger partial charge on any atom is 0.0452 e. The summed E-state index contributed by atoms with van der Waals surface area (Å²) in [6, 6.07) is 0. The van der Waals surface area contributed by atoms with Crippen LogP contribution >= 0.6 is 11.6 Å². The van der Waals surface area contributed by atoms with Crippen LogP contribution in [0, 0.1) is 0 Å². The van der Waals surface area contributed by atoms with E-state index < -0.39 is 5.97 Å². The van der Waals surface area contributed by atoms with Crippen molar-refractivity contribution in [1.82, 2.24) is 0 Å². The largest absolute Gasteiger partial charge is 0.550 e. The van der Waals surface area contributed by atoms with Crippen molar-refractivity contribution in [3.05, 3.63) is 12.2 Å². The Morgan fingerprint density at radius 1 is 1.62 bits per heavy atom. The van der Waals surface area contributed by atoms with Crippen molar-refractivity contribution in [3.8, 4) is 0 Å². The first-order chi connectivity index (χ1) is 3.77. The minimum Gasteiger partial charge on any atom is -0.550 e. The molecule has 0 rings (SSSR count). The summed E-state index contributed by atoms with van der Waals surface area (Å²) in [7, 11) is 0. The molecule has 0 amide bonds. The van der Waals surface area contributed by atoms with Gasteiger partial charge in [-0.15, -0.1) is 11.6 Å². The molecule has 0 spiro atoms. The van der Waals surface area contributed by atoms with E-state index in [0.717, 1.165) is 0 Å². The molecule has 0 aliphatic heterocycles. The van der Waals surface area contributed by atoms with Crippen molar-refractivity contribution < 1.29 is 9.90 Å². The summed E-state index contributed by atoms with van der Waals surface area (Å²) >= 11 is 5.18. The lowest BCUT2D eigenvalue weighted by Crippen LogP contribution is -2.20. The maximum absolute atomic E-state index is 9.67. The second-order valence-corrected chi connectivity index (χ2v) is 1.51. The average Bonchev–Trinajstić information content (AvgIpc) is 1.66. The molecule has 0 saturated carbocycles. The highest BCUT2D eigenvalue weighted by atomic mass is 35.5. The molecule has 0 aromatic carbocycles. The standard InChI is InChI=1S/C5H7ClO2/c6-4-2-1-3-5(7)8/h1-2H,3-4H2,(H,7,8)/p-1/b2-1+. The molecule has 0 aliphatic carbocycles. The van der Waals surface area contributed by atoms with Gasteiger partial charge in [0.15, 0.2) is 0 Å². The Balaban J connectivity index is 3.16. The predicted molar refractivity (Wildman–Crippen MR) is 29.5 cm³/mol. The molecule has 0 saturated heterocycles. The Bertz CT molecular complexity index is 98.6. The third-order valence-electron chi connectivity index (χ3n) is 0.540. The summed E-state index contributed by atoms with van der Waals surface area (Å²) in [5.74, 6) is -0.723. The zero-order chi connectivity index (χ0) is 6.41. The van der Waals surface area contributed by atoms with Crippen LogP contribution in [0.25, 0.3) is 0 Å². The molecule has 2 nitrogen and oxygen atoms in total. The molecular weight excluding hydrogens is 128 g/mol. The summed E-state index contributed by atoms with van der Waals surface area (Å²) in [6.45, 7) is 0. The number of halogens is 1. The lowest BCUT2D eigenvalue weighted by Gasteiger charge is -1.90. The lowest BCUT2D eigenvalue weighted by molar-refractivity contribution is -0.304. The Morgan fingerprint density at radius 3 is 2.62 bits per heavy atom. The van der Waals surface area contributed by atoms with Crippen LogP contribution < -0.4 is 5.11 Å². The predicted octanol–water partition coefficient (Wildman–Crippen LogP) is -0.0786. The van der Waals surface area contributed by atoms with Crippen LogP contribution in [0.15, 0.2) is 12.2 Å².